The molecule has 0 spiro atoms. The average Bonchev–Trinajstić information content (AvgIpc) is 2.44. The minimum atomic E-state index is 0.633. The molecular formula is C14H21N5. The average molecular weight is 259 g/mol. The third-order valence-electron chi connectivity index (χ3n) is 3.03. The fraction of sp³-hybridized carbons (Fsp3) is 0.500. The van der Waals surface area contributed by atoms with Crippen molar-refractivity contribution in [3.8, 4) is 0 Å². The maximum atomic E-state index is 4.41. The maximum absolute atomic E-state index is 4.41. The van der Waals surface area contributed by atoms with E-state index in [4.69, 9.17) is 0 Å². The number of nitrogens with zero attached hydrogens (tertiary/aromatic N) is 4. The standard InChI is InChI=1S/C14H21N5/c1-3-4-7-16-14-17-10-19(11-18-14)9-13-12(2)6-5-8-15-13/h5-6,8,10H,3-4,7,9,11H2,1-2H3,(H,16,18). The highest BCUT2D eigenvalue weighted by atomic mass is 15.3. The minimum Gasteiger partial charge on any atom is -0.354 e. The molecule has 0 fully saturated rings. The monoisotopic (exact) mass is 259 g/mol. The zero-order valence-electron chi connectivity index (χ0n) is 11.6. The minimum absolute atomic E-state index is 0.633. The molecule has 0 amide bonds. The summed E-state index contributed by atoms with van der Waals surface area (Å²) >= 11 is 0. The summed E-state index contributed by atoms with van der Waals surface area (Å²) in [6.45, 7) is 6.57. The summed E-state index contributed by atoms with van der Waals surface area (Å²) in [5, 5.41) is 3.23. The number of aromatic nitrogens is 1. The molecule has 0 saturated carbocycles. The summed E-state index contributed by atoms with van der Waals surface area (Å²) in [5.74, 6) is 0.738. The predicted molar refractivity (Wildman–Crippen MR) is 78.2 cm³/mol. The maximum Gasteiger partial charge on any atom is 0.221 e. The number of hydrogen-bond donors (Lipinski definition) is 1. The number of aliphatic imine (C=N–C) groups is 2. The lowest BCUT2D eigenvalue weighted by atomic mass is 10.2. The van der Waals surface area contributed by atoms with Crippen LogP contribution in [0.25, 0.3) is 0 Å². The lowest BCUT2D eigenvalue weighted by Gasteiger charge is -2.21. The van der Waals surface area contributed by atoms with E-state index in [9.17, 15) is 0 Å². The Morgan fingerprint density at radius 2 is 2.32 bits per heavy atom. The largest absolute Gasteiger partial charge is 0.354 e. The van der Waals surface area contributed by atoms with E-state index in [2.05, 4.69) is 45.1 Å². The van der Waals surface area contributed by atoms with Gasteiger partial charge in [0.15, 0.2) is 0 Å². The van der Waals surface area contributed by atoms with Gasteiger partial charge in [-0.25, -0.2) is 9.98 Å². The Morgan fingerprint density at radius 1 is 1.42 bits per heavy atom. The van der Waals surface area contributed by atoms with Gasteiger partial charge in [-0.05, 0) is 25.0 Å². The van der Waals surface area contributed by atoms with Crippen molar-refractivity contribution in [3.05, 3.63) is 29.6 Å². The fourth-order valence-corrected chi connectivity index (χ4v) is 1.82. The molecule has 0 radical (unpaired) electrons. The van der Waals surface area contributed by atoms with Gasteiger partial charge in [-0.1, -0.05) is 19.4 Å². The van der Waals surface area contributed by atoms with Crippen LogP contribution in [0.3, 0.4) is 0 Å². The number of pyridine rings is 1. The van der Waals surface area contributed by atoms with Gasteiger partial charge in [-0.2, -0.15) is 0 Å². The Hall–Kier alpha value is -1.91. The summed E-state index contributed by atoms with van der Waals surface area (Å²) < 4.78 is 0. The Bertz CT molecular complexity index is 467. The lowest BCUT2D eigenvalue weighted by molar-refractivity contribution is 0.426. The van der Waals surface area contributed by atoms with E-state index in [0.717, 1.165) is 31.2 Å². The highest BCUT2D eigenvalue weighted by Crippen LogP contribution is 2.07. The van der Waals surface area contributed by atoms with Gasteiger partial charge < -0.3 is 10.2 Å². The predicted octanol–water partition coefficient (Wildman–Crippen LogP) is 1.94. The van der Waals surface area contributed by atoms with Gasteiger partial charge in [0.05, 0.1) is 18.6 Å². The molecule has 1 N–H and O–H groups in total. The van der Waals surface area contributed by atoms with Crippen LogP contribution in [0, 0.1) is 6.92 Å². The van der Waals surface area contributed by atoms with E-state index < -0.39 is 0 Å². The highest BCUT2D eigenvalue weighted by Gasteiger charge is 2.09. The van der Waals surface area contributed by atoms with Gasteiger partial charge in [-0.15, -0.1) is 0 Å². The molecule has 1 aromatic heterocycles. The summed E-state index contributed by atoms with van der Waals surface area (Å²) in [6.07, 6.45) is 5.99. The molecule has 19 heavy (non-hydrogen) atoms. The number of nitrogens with one attached hydrogen (secondary N) is 1. The lowest BCUT2D eigenvalue weighted by Crippen LogP contribution is -2.32. The topological polar surface area (TPSA) is 52.9 Å². The molecule has 0 aromatic carbocycles. The number of rotatable bonds is 5. The summed E-state index contributed by atoms with van der Waals surface area (Å²) in [6, 6.07) is 4.03. The van der Waals surface area contributed by atoms with Crippen LogP contribution in [0.5, 0.6) is 0 Å². The van der Waals surface area contributed by atoms with E-state index in [1.807, 2.05) is 18.6 Å². The molecule has 0 saturated heterocycles. The van der Waals surface area contributed by atoms with Gasteiger partial charge in [-0.3, -0.25) is 4.98 Å². The van der Waals surface area contributed by atoms with E-state index in [1.165, 1.54) is 12.0 Å². The van der Waals surface area contributed by atoms with Crippen molar-refractivity contribution in [2.24, 2.45) is 9.98 Å². The van der Waals surface area contributed by atoms with Crippen LogP contribution in [0.4, 0.5) is 0 Å². The van der Waals surface area contributed by atoms with Crippen molar-refractivity contribution < 1.29 is 0 Å². The molecule has 0 unspecified atom stereocenters. The highest BCUT2D eigenvalue weighted by molar-refractivity contribution is 5.88. The van der Waals surface area contributed by atoms with E-state index in [-0.39, 0.29) is 0 Å². The van der Waals surface area contributed by atoms with Crippen LogP contribution in [0.15, 0.2) is 28.3 Å². The van der Waals surface area contributed by atoms with Gasteiger partial charge >= 0.3 is 0 Å². The molecule has 1 aromatic rings. The van der Waals surface area contributed by atoms with Crippen LogP contribution in [0.2, 0.25) is 0 Å². The molecule has 1 aliphatic rings. The van der Waals surface area contributed by atoms with E-state index in [0.29, 0.717) is 6.67 Å². The molecule has 1 aliphatic heterocycles. The molecule has 2 heterocycles. The molecule has 5 nitrogen and oxygen atoms in total. The Balaban J connectivity index is 1.84. The third kappa shape index (κ3) is 4.05. The fourth-order valence-electron chi connectivity index (χ4n) is 1.82. The normalized spacial score (nSPS) is 14.4. The van der Waals surface area contributed by atoms with Gasteiger partial charge in [0, 0.05) is 12.7 Å². The first-order valence-electron chi connectivity index (χ1n) is 6.76. The molecule has 102 valence electrons. The van der Waals surface area contributed by atoms with Crippen LogP contribution < -0.4 is 5.32 Å². The van der Waals surface area contributed by atoms with Crippen molar-refractivity contribution in [1.82, 2.24) is 15.2 Å². The number of hydrogen-bond acceptors (Lipinski definition) is 5. The van der Waals surface area contributed by atoms with Crippen molar-refractivity contribution >= 4 is 12.3 Å². The third-order valence-corrected chi connectivity index (χ3v) is 3.03. The van der Waals surface area contributed by atoms with Crippen molar-refractivity contribution in [2.75, 3.05) is 13.2 Å². The van der Waals surface area contributed by atoms with Crippen molar-refractivity contribution in [3.63, 3.8) is 0 Å². The van der Waals surface area contributed by atoms with Gasteiger partial charge in [0.1, 0.15) is 6.67 Å². The second-order valence-corrected chi connectivity index (χ2v) is 4.66. The Morgan fingerprint density at radius 3 is 3.00 bits per heavy atom. The second-order valence-electron chi connectivity index (χ2n) is 4.66. The number of aryl methyl sites for hydroxylation is 1. The number of guanidine groups is 1. The number of unbranched alkanes of at least 4 members (excludes halogenated alkanes) is 1. The molecular weight excluding hydrogens is 238 g/mol. The molecule has 0 atom stereocenters. The van der Waals surface area contributed by atoms with Crippen molar-refractivity contribution in [2.45, 2.75) is 33.2 Å². The van der Waals surface area contributed by atoms with Gasteiger partial charge in [0.2, 0.25) is 5.96 Å². The van der Waals surface area contributed by atoms with Crippen LogP contribution >= 0.6 is 0 Å². The van der Waals surface area contributed by atoms with E-state index in [1.54, 1.807) is 0 Å². The van der Waals surface area contributed by atoms with Crippen molar-refractivity contribution in [1.29, 1.82) is 0 Å². The van der Waals surface area contributed by atoms with Crippen LogP contribution in [-0.4, -0.2) is 35.4 Å². The Labute approximate surface area is 114 Å². The van der Waals surface area contributed by atoms with Crippen LogP contribution in [-0.2, 0) is 6.54 Å². The SMILES string of the molecule is CCCCNC1=NCN(Cc2ncccc2C)C=N1. The molecule has 0 aliphatic carbocycles. The Kier molecular flexibility index (Phi) is 4.89. The molecule has 2 rings (SSSR count). The molecule has 5 heteroatoms. The smallest absolute Gasteiger partial charge is 0.221 e. The van der Waals surface area contributed by atoms with Crippen LogP contribution in [0.1, 0.15) is 31.0 Å². The first-order chi connectivity index (χ1) is 9.29. The first kappa shape index (κ1) is 13.5. The zero-order chi connectivity index (χ0) is 13.5. The zero-order valence-corrected chi connectivity index (χ0v) is 11.6. The summed E-state index contributed by atoms with van der Waals surface area (Å²) in [4.78, 5) is 15.2. The first-order valence-corrected chi connectivity index (χ1v) is 6.76. The van der Waals surface area contributed by atoms with E-state index >= 15 is 0 Å². The second kappa shape index (κ2) is 6.87. The quantitative estimate of drug-likeness (QED) is 0.822. The summed E-state index contributed by atoms with van der Waals surface area (Å²) in [7, 11) is 0. The summed E-state index contributed by atoms with van der Waals surface area (Å²) in [5.41, 5.74) is 2.28. The van der Waals surface area contributed by atoms with Gasteiger partial charge in [0.25, 0.3) is 0 Å². The molecule has 0 bridgehead atoms.